The minimum atomic E-state index is 0. The van der Waals surface area contributed by atoms with E-state index in [1.54, 1.807) is 18.5 Å². The second kappa shape index (κ2) is 19.4. The Morgan fingerprint density at radius 1 is 0.360 bits per heavy atom. The molecule has 362 valence electrons. The van der Waals surface area contributed by atoms with Gasteiger partial charge in [0.1, 0.15) is 11.6 Å². The fourth-order valence-electron chi connectivity index (χ4n) is 10.3. The van der Waals surface area contributed by atoms with Gasteiger partial charge in [-0.15, -0.1) is 59.3 Å². The third-order valence-corrected chi connectivity index (χ3v) is 13.7. The summed E-state index contributed by atoms with van der Waals surface area (Å²) in [6.45, 7) is 4.25. The van der Waals surface area contributed by atoms with E-state index in [0.29, 0.717) is 28.9 Å². The molecular weight excluding hydrogens is 1290 g/mol. The van der Waals surface area contributed by atoms with Crippen LogP contribution in [0.15, 0.2) is 201 Å². The smallest absolute Gasteiger partial charge is 0.509 e. The third kappa shape index (κ3) is 8.20. The maximum atomic E-state index is 6.66. The largest absolute Gasteiger partial charge is 2.00 e. The number of rotatable bonds is 9. The van der Waals surface area contributed by atoms with Crippen LogP contribution in [0.2, 0.25) is 0 Å². The monoisotopic (exact) mass is 1330 g/mol. The molecule has 0 N–H and O–H groups in total. The average molecular weight is 1330 g/mol. The molecular formula is C64H39N7O2Pt2. The minimum Gasteiger partial charge on any atom is -0.509 e. The van der Waals surface area contributed by atoms with Gasteiger partial charge in [-0.2, -0.15) is 35.0 Å². The van der Waals surface area contributed by atoms with Crippen molar-refractivity contribution in [3.05, 3.63) is 236 Å². The summed E-state index contributed by atoms with van der Waals surface area (Å²) in [4.78, 5) is 19.4. The Bertz CT molecular complexity index is 4210. The van der Waals surface area contributed by atoms with Crippen molar-refractivity contribution in [3.8, 4) is 62.8 Å². The molecule has 0 bridgehead atoms. The molecule has 9 nitrogen and oxygen atoms in total. The Labute approximate surface area is 460 Å². The number of hydrogen-bond donors (Lipinski definition) is 0. The summed E-state index contributed by atoms with van der Waals surface area (Å²) in [6, 6.07) is 73.9. The molecule has 0 fully saturated rings. The van der Waals surface area contributed by atoms with E-state index in [4.69, 9.17) is 29.4 Å². The van der Waals surface area contributed by atoms with Crippen molar-refractivity contribution in [2.24, 2.45) is 0 Å². The van der Waals surface area contributed by atoms with Crippen LogP contribution in [0, 0.1) is 38.1 Å². The number of fused-ring (bicyclic) bond motifs is 9. The van der Waals surface area contributed by atoms with Crippen molar-refractivity contribution < 1.29 is 51.6 Å². The summed E-state index contributed by atoms with van der Waals surface area (Å²) < 4.78 is 19.6. The second-order valence-corrected chi connectivity index (χ2v) is 18.1. The molecule has 0 aliphatic rings. The van der Waals surface area contributed by atoms with E-state index >= 15 is 0 Å². The molecule has 0 aliphatic heterocycles. The van der Waals surface area contributed by atoms with Crippen LogP contribution < -0.4 is 9.47 Å². The Morgan fingerprint density at radius 3 is 1.12 bits per heavy atom. The quantitative estimate of drug-likeness (QED) is 0.134. The number of aromatic nitrogens is 7. The summed E-state index contributed by atoms with van der Waals surface area (Å²) in [5.41, 5.74) is 11.9. The molecule has 14 aromatic rings. The van der Waals surface area contributed by atoms with Crippen LogP contribution in [0.3, 0.4) is 0 Å². The van der Waals surface area contributed by atoms with Gasteiger partial charge < -0.3 is 23.2 Å². The Balaban J connectivity index is 0.00000284. The molecule has 0 atom stereocenters. The van der Waals surface area contributed by atoms with Gasteiger partial charge in [0.05, 0.1) is 0 Å². The molecule has 0 saturated carbocycles. The Kier molecular flexibility index (Phi) is 12.3. The van der Waals surface area contributed by atoms with Gasteiger partial charge in [-0.05, 0) is 77.2 Å². The number of hydrogen-bond acceptors (Lipinski definition) is 6. The summed E-state index contributed by atoms with van der Waals surface area (Å²) in [5.74, 6) is 4.14. The van der Waals surface area contributed by atoms with Crippen molar-refractivity contribution >= 4 is 65.4 Å². The van der Waals surface area contributed by atoms with Crippen molar-refractivity contribution in [1.82, 2.24) is 33.6 Å². The second-order valence-electron chi connectivity index (χ2n) is 18.1. The van der Waals surface area contributed by atoms with Gasteiger partial charge in [-0.1, -0.05) is 119 Å². The van der Waals surface area contributed by atoms with E-state index in [-0.39, 0.29) is 42.1 Å². The van der Waals surface area contributed by atoms with E-state index in [9.17, 15) is 0 Å². The number of ether oxygens (including phenoxy) is 2. The van der Waals surface area contributed by atoms with Crippen LogP contribution in [0.25, 0.3) is 105 Å². The summed E-state index contributed by atoms with van der Waals surface area (Å²) in [6.07, 6.45) is 7.36. The Hall–Kier alpha value is -8.48. The fraction of sp³-hybridized carbons (Fsp3) is 0.0312. The van der Waals surface area contributed by atoms with E-state index in [1.807, 2.05) is 89.8 Å². The molecule has 75 heavy (non-hydrogen) atoms. The first-order chi connectivity index (χ1) is 36.0. The molecule has 0 amide bonds. The zero-order valence-electron chi connectivity index (χ0n) is 40.1. The zero-order valence-corrected chi connectivity index (χ0v) is 44.7. The summed E-state index contributed by atoms with van der Waals surface area (Å²) in [7, 11) is 0. The van der Waals surface area contributed by atoms with E-state index in [2.05, 4.69) is 144 Å². The first-order valence-electron chi connectivity index (χ1n) is 24.0. The Morgan fingerprint density at radius 2 is 0.720 bits per heavy atom. The standard InChI is InChI=1S/C64H39N7O2.2Pt/c1-40-32-62(67-38-54(40)42-14-5-3-6-15-42)69-56-20-11-9-18-48(56)50-26-22-44(34-58(50)69)72-46-24-28-52-53-29-25-47(37-61(53)71(60(52)36-46)64-65-30-13-31-66-64)73-45-23-27-51-49-19-10-12-21-57(49)70(59(51)35-45)63-33-41(2)55(39-68-63)43-16-7-4-8-17-43;;/h3-33,38-39H,1-2H3;;/q-4;2*+2. The van der Waals surface area contributed by atoms with E-state index in [0.717, 1.165) is 110 Å². The SMILES string of the molecule is Cc1cc(-n2c3[c-]c(Oc4[c-]c5c(cc4)c4ccc(Oc6[c-]c7c(cc6)c6ccccc6n7-c6cc(C)c(-c7ccccc7)cn6)[c-]c4n5-c4ncccn4)ccc3c3ccccc32)ncc1-c1ccccc1.[Pt+2].[Pt+2]. The minimum absolute atomic E-state index is 0. The van der Waals surface area contributed by atoms with Gasteiger partial charge in [-0.3, -0.25) is 0 Å². The van der Waals surface area contributed by atoms with Crippen LogP contribution in [0.1, 0.15) is 11.1 Å². The summed E-state index contributed by atoms with van der Waals surface area (Å²) in [5, 5.41) is 6.15. The van der Waals surface area contributed by atoms with Gasteiger partial charge in [-0.25, -0.2) is 19.9 Å². The first kappa shape index (κ1) is 47.5. The van der Waals surface area contributed by atoms with Gasteiger partial charge >= 0.3 is 42.1 Å². The van der Waals surface area contributed by atoms with Crippen LogP contribution in [-0.4, -0.2) is 33.6 Å². The van der Waals surface area contributed by atoms with Gasteiger partial charge in [0, 0.05) is 69.9 Å². The number of benzene rings is 8. The predicted octanol–water partition coefficient (Wildman–Crippen LogP) is 15.3. The van der Waals surface area contributed by atoms with Crippen LogP contribution in [0.5, 0.6) is 23.0 Å². The first-order valence-corrected chi connectivity index (χ1v) is 24.0. The molecule has 0 radical (unpaired) electrons. The molecule has 0 aliphatic carbocycles. The topological polar surface area (TPSA) is 84.8 Å². The molecule has 0 spiro atoms. The molecule has 0 unspecified atom stereocenters. The third-order valence-electron chi connectivity index (χ3n) is 13.7. The maximum Gasteiger partial charge on any atom is 2.00 e. The number of aryl methyl sites for hydroxylation is 2. The molecule has 8 aromatic carbocycles. The van der Waals surface area contributed by atoms with Crippen LogP contribution >= 0.6 is 0 Å². The van der Waals surface area contributed by atoms with Crippen LogP contribution in [-0.2, 0) is 42.1 Å². The molecule has 11 heteroatoms. The van der Waals surface area contributed by atoms with Gasteiger partial charge in [0.25, 0.3) is 0 Å². The predicted molar refractivity (Wildman–Crippen MR) is 289 cm³/mol. The number of nitrogens with zero attached hydrogens (tertiary/aromatic N) is 7. The van der Waals surface area contributed by atoms with Gasteiger partial charge in [0.15, 0.2) is 0 Å². The van der Waals surface area contributed by atoms with Crippen LogP contribution in [0.4, 0.5) is 0 Å². The summed E-state index contributed by atoms with van der Waals surface area (Å²) >= 11 is 0. The number of para-hydroxylation sites is 2. The van der Waals surface area contributed by atoms with E-state index in [1.165, 1.54) is 0 Å². The average Bonchev–Trinajstić information content (AvgIpc) is 4.07. The number of pyridine rings is 2. The van der Waals surface area contributed by atoms with Gasteiger partial charge in [0.2, 0.25) is 5.95 Å². The van der Waals surface area contributed by atoms with Crippen molar-refractivity contribution in [2.45, 2.75) is 13.8 Å². The van der Waals surface area contributed by atoms with E-state index < -0.39 is 0 Å². The molecule has 6 heterocycles. The molecule has 0 saturated heterocycles. The fourth-order valence-corrected chi connectivity index (χ4v) is 10.3. The van der Waals surface area contributed by atoms with Crippen molar-refractivity contribution in [3.63, 3.8) is 0 Å². The molecule has 6 aromatic heterocycles. The van der Waals surface area contributed by atoms with Crippen molar-refractivity contribution in [2.75, 3.05) is 0 Å². The molecule has 14 rings (SSSR count). The zero-order chi connectivity index (χ0) is 48.6. The normalized spacial score (nSPS) is 11.4. The maximum absolute atomic E-state index is 6.66. The van der Waals surface area contributed by atoms with Crippen molar-refractivity contribution in [1.29, 1.82) is 0 Å².